The summed E-state index contributed by atoms with van der Waals surface area (Å²) in [5.41, 5.74) is 1.78. The van der Waals surface area contributed by atoms with Crippen LogP contribution >= 0.6 is 11.8 Å². The minimum Gasteiger partial charge on any atom is -0.494 e. The highest BCUT2D eigenvalue weighted by Crippen LogP contribution is 2.14. The monoisotopic (exact) mass is 354 g/mol. The fourth-order valence-electron chi connectivity index (χ4n) is 2.18. The lowest BCUT2D eigenvalue weighted by Gasteiger charge is -2.17. The predicted octanol–water partition coefficient (Wildman–Crippen LogP) is 3.72. The largest absolute Gasteiger partial charge is 0.494 e. The first-order valence-corrected chi connectivity index (χ1v) is 9.33. The van der Waals surface area contributed by atoms with Crippen LogP contribution in [0.5, 0.6) is 5.75 Å². The number of nitriles is 1. The molecule has 0 unspecified atom stereocenters. The second-order valence-corrected chi connectivity index (χ2v) is 6.62. The van der Waals surface area contributed by atoms with E-state index in [1.165, 1.54) is 0 Å². The number of hydrogen-bond acceptors (Lipinski definition) is 4. The Labute approximate surface area is 153 Å². The summed E-state index contributed by atoms with van der Waals surface area (Å²) >= 11 is 1.59. The molecule has 130 valence electrons. The van der Waals surface area contributed by atoms with Crippen LogP contribution in [-0.2, 0) is 10.5 Å². The summed E-state index contributed by atoms with van der Waals surface area (Å²) in [4.78, 5) is 13.9. The highest BCUT2D eigenvalue weighted by Gasteiger charge is 2.08. The van der Waals surface area contributed by atoms with Crippen molar-refractivity contribution in [1.29, 1.82) is 5.26 Å². The number of amides is 1. The van der Waals surface area contributed by atoms with Gasteiger partial charge in [0.15, 0.2) is 0 Å². The van der Waals surface area contributed by atoms with Gasteiger partial charge in [-0.05, 0) is 36.2 Å². The number of ether oxygens (including phenoxy) is 1. The fourth-order valence-corrected chi connectivity index (χ4v) is 3.10. The van der Waals surface area contributed by atoms with Gasteiger partial charge in [-0.1, -0.05) is 30.3 Å². The molecule has 0 heterocycles. The molecule has 0 bridgehead atoms. The number of rotatable bonds is 9. The number of nitrogens with zero attached hydrogens (tertiary/aromatic N) is 2. The van der Waals surface area contributed by atoms with Crippen LogP contribution in [0.15, 0.2) is 54.6 Å². The molecule has 0 N–H and O–H groups in total. The van der Waals surface area contributed by atoms with Crippen molar-refractivity contribution in [3.05, 3.63) is 65.7 Å². The topological polar surface area (TPSA) is 53.3 Å². The molecule has 0 atom stereocenters. The SMILES string of the molecule is CN(CCCOc1ccccc1)C(=O)CSCc1ccc(C#N)cc1. The normalized spacial score (nSPS) is 10.1. The lowest BCUT2D eigenvalue weighted by atomic mass is 10.2. The van der Waals surface area contributed by atoms with E-state index >= 15 is 0 Å². The third-order valence-electron chi connectivity index (χ3n) is 3.65. The van der Waals surface area contributed by atoms with Crippen molar-refractivity contribution >= 4 is 17.7 Å². The van der Waals surface area contributed by atoms with Gasteiger partial charge in [0.25, 0.3) is 0 Å². The van der Waals surface area contributed by atoms with E-state index in [9.17, 15) is 4.79 Å². The van der Waals surface area contributed by atoms with Crippen molar-refractivity contribution in [1.82, 2.24) is 4.90 Å². The summed E-state index contributed by atoms with van der Waals surface area (Å²) in [6.45, 7) is 1.28. The standard InChI is InChI=1S/C20H22N2O2S/c1-22(12-5-13-24-19-6-3-2-4-7-19)20(23)16-25-15-18-10-8-17(14-21)9-11-18/h2-4,6-11H,5,12-13,15-16H2,1H3. The molecular formula is C20H22N2O2S. The molecule has 0 fully saturated rings. The third kappa shape index (κ3) is 6.90. The van der Waals surface area contributed by atoms with Crippen LogP contribution in [0.3, 0.4) is 0 Å². The predicted molar refractivity (Wildman–Crippen MR) is 102 cm³/mol. The minimum absolute atomic E-state index is 0.123. The Morgan fingerprint density at radius 3 is 2.56 bits per heavy atom. The van der Waals surface area contributed by atoms with Gasteiger partial charge in [-0.2, -0.15) is 5.26 Å². The van der Waals surface area contributed by atoms with Crippen molar-refractivity contribution < 1.29 is 9.53 Å². The van der Waals surface area contributed by atoms with Gasteiger partial charge in [-0.15, -0.1) is 11.8 Å². The molecule has 0 aliphatic rings. The Morgan fingerprint density at radius 1 is 1.16 bits per heavy atom. The molecule has 2 aromatic rings. The van der Waals surface area contributed by atoms with Gasteiger partial charge in [0, 0.05) is 19.3 Å². The van der Waals surface area contributed by atoms with Crippen LogP contribution in [0.4, 0.5) is 0 Å². The van der Waals surface area contributed by atoms with Crippen LogP contribution in [0.2, 0.25) is 0 Å². The average Bonchev–Trinajstić information content (AvgIpc) is 2.66. The molecule has 4 nitrogen and oxygen atoms in total. The zero-order valence-electron chi connectivity index (χ0n) is 14.4. The minimum atomic E-state index is 0.123. The number of benzene rings is 2. The molecule has 2 aromatic carbocycles. The smallest absolute Gasteiger partial charge is 0.232 e. The summed E-state index contributed by atoms with van der Waals surface area (Å²) in [6.07, 6.45) is 0.803. The molecule has 2 rings (SSSR count). The maximum atomic E-state index is 12.1. The van der Waals surface area contributed by atoms with Gasteiger partial charge in [-0.25, -0.2) is 0 Å². The molecule has 0 aliphatic carbocycles. The fraction of sp³-hybridized carbons (Fsp3) is 0.300. The second-order valence-electron chi connectivity index (χ2n) is 5.63. The van der Waals surface area contributed by atoms with Gasteiger partial charge < -0.3 is 9.64 Å². The molecule has 5 heteroatoms. The number of carbonyl (C=O) groups excluding carboxylic acids is 1. The van der Waals surface area contributed by atoms with Crippen LogP contribution in [0, 0.1) is 11.3 Å². The lowest BCUT2D eigenvalue weighted by molar-refractivity contribution is -0.127. The zero-order valence-corrected chi connectivity index (χ0v) is 15.2. The van der Waals surface area contributed by atoms with Crippen LogP contribution in [-0.4, -0.2) is 36.8 Å². The number of thioether (sulfide) groups is 1. The molecule has 0 radical (unpaired) electrons. The molecule has 1 amide bonds. The van der Waals surface area contributed by atoms with Crippen LogP contribution in [0.1, 0.15) is 17.5 Å². The first-order valence-electron chi connectivity index (χ1n) is 8.17. The van der Waals surface area contributed by atoms with Crippen molar-refractivity contribution in [2.75, 3.05) is 26.0 Å². The average molecular weight is 354 g/mol. The molecule has 0 saturated heterocycles. The lowest BCUT2D eigenvalue weighted by Crippen LogP contribution is -2.30. The summed E-state index contributed by atoms with van der Waals surface area (Å²) in [7, 11) is 1.83. The Bertz CT molecular complexity index is 696. The highest BCUT2D eigenvalue weighted by molar-refractivity contribution is 7.99. The van der Waals surface area contributed by atoms with Crippen molar-refractivity contribution in [2.45, 2.75) is 12.2 Å². The van der Waals surface area contributed by atoms with E-state index < -0.39 is 0 Å². The number of hydrogen-bond donors (Lipinski definition) is 0. The van der Waals surface area contributed by atoms with E-state index in [4.69, 9.17) is 10.00 Å². The number of para-hydroxylation sites is 1. The molecule has 0 aliphatic heterocycles. The Morgan fingerprint density at radius 2 is 1.88 bits per heavy atom. The second kappa shape index (κ2) is 10.4. The summed E-state index contributed by atoms with van der Waals surface area (Å²) in [5.74, 6) is 2.20. The molecule has 0 aromatic heterocycles. The van der Waals surface area contributed by atoms with Crippen molar-refractivity contribution in [3.63, 3.8) is 0 Å². The third-order valence-corrected chi connectivity index (χ3v) is 4.64. The first kappa shape index (κ1) is 18.9. The van der Waals surface area contributed by atoms with Gasteiger partial charge in [-0.3, -0.25) is 4.79 Å². The summed E-state index contributed by atoms with van der Waals surface area (Å²) in [5, 5.41) is 8.78. The van der Waals surface area contributed by atoms with Crippen LogP contribution < -0.4 is 4.74 Å². The van der Waals surface area contributed by atoms with E-state index in [1.807, 2.05) is 49.5 Å². The zero-order chi connectivity index (χ0) is 17.9. The first-order chi connectivity index (χ1) is 12.2. The quantitative estimate of drug-likeness (QED) is 0.644. The summed E-state index contributed by atoms with van der Waals surface area (Å²) < 4.78 is 5.63. The van der Waals surface area contributed by atoms with E-state index in [0.717, 1.165) is 23.5 Å². The Hall–Kier alpha value is -2.45. The molecule has 0 spiro atoms. The van der Waals surface area contributed by atoms with Crippen LogP contribution in [0.25, 0.3) is 0 Å². The van der Waals surface area contributed by atoms with Gasteiger partial charge in [0.05, 0.1) is 24.0 Å². The van der Waals surface area contributed by atoms with E-state index in [1.54, 1.807) is 28.8 Å². The maximum Gasteiger partial charge on any atom is 0.232 e. The van der Waals surface area contributed by atoms with E-state index in [0.29, 0.717) is 24.5 Å². The van der Waals surface area contributed by atoms with Gasteiger partial charge in [0.1, 0.15) is 5.75 Å². The summed E-state index contributed by atoms with van der Waals surface area (Å²) in [6, 6.07) is 19.3. The Kier molecular flexibility index (Phi) is 7.87. The van der Waals surface area contributed by atoms with Crippen molar-refractivity contribution in [2.24, 2.45) is 0 Å². The molecule has 25 heavy (non-hydrogen) atoms. The molecular weight excluding hydrogens is 332 g/mol. The van der Waals surface area contributed by atoms with Crippen molar-refractivity contribution in [3.8, 4) is 11.8 Å². The van der Waals surface area contributed by atoms with Gasteiger partial charge in [0.2, 0.25) is 5.91 Å². The van der Waals surface area contributed by atoms with E-state index in [2.05, 4.69) is 6.07 Å². The highest BCUT2D eigenvalue weighted by atomic mass is 32.2. The maximum absolute atomic E-state index is 12.1. The Balaban J connectivity index is 1.60. The van der Waals surface area contributed by atoms with Gasteiger partial charge >= 0.3 is 0 Å². The number of carbonyl (C=O) groups is 1. The van der Waals surface area contributed by atoms with E-state index in [-0.39, 0.29) is 5.91 Å². The molecule has 0 saturated carbocycles.